The molecule has 2 aromatic heterocycles. The Balaban J connectivity index is 0.990. The lowest BCUT2D eigenvalue weighted by atomic mass is 9.83. The van der Waals surface area contributed by atoms with Crippen LogP contribution < -0.4 is 15.4 Å². The number of rotatable bonds is 12. The van der Waals surface area contributed by atoms with Gasteiger partial charge < -0.3 is 44.6 Å². The maximum absolute atomic E-state index is 13.8. The van der Waals surface area contributed by atoms with E-state index >= 15 is 0 Å². The fourth-order valence-corrected chi connectivity index (χ4v) is 9.05. The van der Waals surface area contributed by atoms with Crippen LogP contribution in [0.1, 0.15) is 114 Å². The topological polar surface area (TPSA) is 210 Å². The van der Waals surface area contributed by atoms with Gasteiger partial charge in [0.1, 0.15) is 23.6 Å². The normalized spacial score (nSPS) is 20.6. The number of hydrogen-bond acceptors (Lipinski definition) is 11. The van der Waals surface area contributed by atoms with Crippen LogP contribution in [0, 0.1) is 11.8 Å². The number of methoxy groups -OCH3 is 2. The number of aromatic nitrogens is 6. The molecular weight excluding hydrogens is 769 g/mol. The molecule has 4 aromatic rings. The summed E-state index contributed by atoms with van der Waals surface area (Å²) < 4.78 is 16.2. The van der Waals surface area contributed by atoms with Gasteiger partial charge in [-0.05, 0) is 74.6 Å². The lowest BCUT2D eigenvalue weighted by Crippen LogP contribution is -2.51. The molecule has 318 valence electrons. The van der Waals surface area contributed by atoms with Crippen LogP contribution in [0.2, 0.25) is 0 Å². The lowest BCUT2D eigenvalue weighted by Gasteiger charge is -2.30. The van der Waals surface area contributed by atoms with Crippen LogP contribution in [-0.2, 0) is 24.5 Å². The van der Waals surface area contributed by atoms with E-state index in [0.717, 1.165) is 72.3 Å². The molecule has 1 spiro atoms. The molecule has 1 saturated carbocycles. The maximum Gasteiger partial charge on any atom is 0.407 e. The smallest absolute Gasteiger partial charge is 0.407 e. The Kier molecular flexibility index (Phi) is 11.3. The minimum Gasteiger partial charge on any atom is -0.457 e. The SMILES string of the molecule is CC[C@H](C)[C@H](NC(=O)OC)C(=O)N1CCC[C@H]1c1nnc(-c2ccc3c(c2)Oc2ccc(-c4nnc([C@@H]5CCCN5C(=O)[C@@H](NC(=O)OC)[C@@H](C)CC)[nH]4)cc2C32CC2)[nH]1. The van der Waals surface area contributed by atoms with Crippen molar-refractivity contribution < 1.29 is 33.4 Å². The van der Waals surface area contributed by atoms with Gasteiger partial charge in [-0.15, -0.1) is 20.4 Å². The predicted octanol–water partition coefficient (Wildman–Crippen LogP) is 6.31. The van der Waals surface area contributed by atoms with Crippen molar-refractivity contribution in [1.82, 2.24) is 50.8 Å². The van der Waals surface area contributed by atoms with E-state index in [0.29, 0.717) is 49.2 Å². The van der Waals surface area contributed by atoms with Crippen molar-refractivity contribution in [3.63, 3.8) is 0 Å². The standard InChI is InChI=1S/C43H54N10O7/c1-7-23(3)33(44-41(56)58-5)39(54)52-19-9-11-29(52)37-46-35(48-50-37)25-14-16-31-28(21-25)43(17-18-43)27-15-13-26(22-32(27)60-31)36-47-38(51-49-36)30-12-10-20-53(30)40(55)34(24(4)8-2)45-42(57)59-6/h13-16,21-24,29-30,33-34H,7-12,17-20H2,1-6H3,(H,44,56)(H,45,57)(H,46,48,50)(H,47,49,51)/t23-,24-,29-,30-,33-,34-/m0/s1. The first-order valence-corrected chi connectivity index (χ1v) is 21.1. The first-order valence-electron chi connectivity index (χ1n) is 21.1. The molecule has 60 heavy (non-hydrogen) atoms. The van der Waals surface area contributed by atoms with Crippen molar-refractivity contribution in [2.45, 2.75) is 109 Å². The second-order valence-corrected chi connectivity index (χ2v) is 16.6. The first-order chi connectivity index (χ1) is 29.0. The van der Waals surface area contributed by atoms with Crippen molar-refractivity contribution in [2.24, 2.45) is 11.8 Å². The lowest BCUT2D eigenvalue weighted by molar-refractivity contribution is -0.136. The summed E-state index contributed by atoms with van der Waals surface area (Å²) in [4.78, 5) is 62.3. The molecule has 0 bridgehead atoms. The molecule has 0 radical (unpaired) electrons. The number of nitrogens with zero attached hydrogens (tertiary/aromatic N) is 6. The third kappa shape index (κ3) is 7.42. The number of likely N-dealkylation sites (tertiary alicyclic amines) is 2. The van der Waals surface area contributed by atoms with Crippen molar-refractivity contribution in [2.75, 3.05) is 27.3 Å². The monoisotopic (exact) mass is 822 g/mol. The summed E-state index contributed by atoms with van der Waals surface area (Å²) in [6.45, 7) is 8.98. The van der Waals surface area contributed by atoms with Gasteiger partial charge in [-0.25, -0.2) is 9.59 Å². The van der Waals surface area contributed by atoms with E-state index in [1.807, 2.05) is 52.0 Å². The number of aromatic amines is 2. The van der Waals surface area contributed by atoms with Crippen molar-refractivity contribution >= 4 is 24.0 Å². The van der Waals surface area contributed by atoms with Gasteiger partial charge in [0.05, 0.1) is 26.3 Å². The van der Waals surface area contributed by atoms with E-state index in [9.17, 15) is 19.2 Å². The van der Waals surface area contributed by atoms with Crippen molar-refractivity contribution in [1.29, 1.82) is 0 Å². The number of alkyl carbamates (subject to hydrolysis) is 2. The summed E-state index contributed by atoms with van der Waals surface area (Å²) in [6, 6.07) is 10.2. The van der Waals surface area contributed by atoms with E-state index in [2.05, 4.69) is 53.1 Å². The molecule has 17 nitrogen and oxygen atoms in total. The molecule has 2 saturated heterocycles. The molecule has 4 amide bonds. The van der Waals surface area contributed by atoms with Crippen LogP contribution in [0.15, 0.2) is 36.4 Å². The average molecular weight is 823 g/mol. The highest BCUT2D eigenvalue weighted by Crippen LogP contribution is 2.62. The Morgan fingerprint density at radius 3 is 1.72 bits per heavy atom. The molecule has 3 aliphatic heterocycles. The Bertz CT molecular complexity index is 2270. The highest BCUT2D eigenvalue weighted by molar-refractivity contribution is 5.87. The highest BCUT2D eigenvalue weighted by Gasteiger charge is 2.52. The largest absolute Gasteiger partial charge is 0.457 e. The minimum absolute atomic E-state index is 0.0819. The van der Waals surface area contributed by atoms with Gasteiger partial charge in [0.2, 0.25) is 11.8 Å². The fraction of sp³-hybridized carbons (Fsp3) is 0.535. The zero-order valence-corrected chi connectivity index (χ0v) is 35.0. The van der Waals surface area contributed by atoms with Crippen LogP contribution in [0.25, 0.3) is 22.8 Å². The van der Waals surface area contributed by atoms with Crippen LogP contribution in [-0.4, -0.2) is 104 Å². The van der Waals surface area contributed by atoms with Gasteiger partial charge in [0, 0.05) is 40.8 Å². The summed E-state index contributed by atoms with van der Waals surface area (Å²) in [7, 11) is 2.58. The number of H-pyrrole nitrogens is 2. The third-order valence-corrected chi connectivity index (χ3v) is 13.1. The number of carbonyl (C=O) groups excluding carboxylic acids is 4. The predicted molar refractivity (Wildman–Crippen MR) is 219 cm³/mol. The molecule has 0 unspecified atom stereocenters. The molecule has 17 heteroatoms. The van der Waals surface area contributed by atoms with E-state index in [1.54, 1.807) is 9.80 Å². The second kappa shape index (κ2) is 16.6. The number of carbonyl (C=O) groups is 4. The third-order valence-electron chi connectivity index (χ3n) is 13.1. The van der Waals surface area contributed by atoms with Crippen molar-refractivity contribution in [3.8, 4) is 34.3 Å². The number of benzene rings is 2. The molecule has 4 N–H and O–H groups in total. The molecule has 3 fully saturated rings. The number of ether oxygens (including phenoxy) is 3. The maximum atomic E-state index is 13.8. The van der Waals surface area contributed by atoms with Gasteiger partial charge in [-0.3, -0.25) is 9.59 Å². The van der Waals surface area contributed by atoms with Crippen LogP contribution >= 0.6 is 0 Å². The molecule has 2 aromatic carbocycles. The summed E-state index contributed by atoms with van der Waals surface area (Å²) in [5, 5.41) is 23.5. The van der Waals surface area contributed by atoms with Crippen molar-refractivity contribution in [3.05, 3.63) is 59.2 Å². The van der Waals surface area contributed by atoms with E-state index < -0.39 is 24.3 Å². The summed E-state index contributed by atoms with van der Waals surface area (Å²) in [5.74, 6) is 3.44. The van der Waals surface area contributed by atoms with Crippen LogP contribution in [0.3, 0.4) is 0 Å². The summed E-state index contributed by atoms with van der Waals surface area (Å²) in [6.07, 6.45) is 5.18. The van der Waals surface area contributed by atoms with Crippen LogP contribution in [0.5, 0.6) is 11.5 Å². The number of nitrogens with one attached hydrogen (secondary N) is 4. The van der Waals surface area contributed by atoms with Gasteiger partial charge in [-0.1, -0.05) is 52.7 Å². The van der Waals surface area contributed by atoms with Gasteiger partial charge >= 0.3 is 12.2 Å². The summed E-state index contributed by atoms with van der Waals surface area (Å²) in [5.41, 5.74) is 3.68. The Hall–Kier alpha value is -6.00. The minimum atomic E-state index is -0.711. The van der Waals surface area contributed by atoms with Gasteiger partial charge in [0.15, 0.2) is 23.3 Å². The van der Waals surface area contributed by atoms with E-state index in [1.165, 1.54) is 14.2 Å². The molecule has 4 aliphatic rings. The summed E-state index contributed by atoms with van der Waals surface area (Å²) >= 11 is 0. The van der Waals surface area contributed by atoms with Crippen LogP contribution in [0.4, 0.5) is 9.59 Å². The van der Waals surface area contributed by atoms with Gasteiger partial charge in [-0.2, -0.15) is 0 Å². The molecule has 6 atom stereocenters. The zero-order valence-electron chi connectivity index (χ0n) is 35.0. The molecule has 8 rings (SSSR count). The molecule has 1 aliphatic carbocycles. The average Bonchev–Trinajstić information content (AvgIpc) is 3.84. The Morgan fingerprint density at radius 1 is 0.733 bits per heavy atom. The highest BCUT2D eigenvalue weighted by atomic mass is 16.5. The fourth-order valence-electron chi connectivity index (χ4n) is 9.05. The molecular formula is C43H54N10O7. The molecule has 5 heterocycles. The quantitative estimate of drug-likeness (QED) is 0.124. The second-order valence-electron chi connectivity index (χ2n) is 16.6. The zero-order chi connectivity index (χ0) is 42.3. The number of hydrogen-bond donors (Lipinski definition) is 4. The van der Waals surface area contributed by atoms with Gasteiger partial charge in [0.25, 0.3) is 0 Å². The van der Waals surface area contributed by atoms with E-state index in [-0.39, 0.29) is 41.1 Å². The number of fused-ring (bicyclic) bond motifs is 4. The first kappa shape index (κ1) is 40.8. The Labute approximate surface area is 348 Å². The number of amides is 4. The van der Waals surface area contributed by atoms with E-state index in [4.69, 9.17) is 14.2 Å². The Morgan fingerprint density at radius 2 is 1.23 bits per heavy atom.